The van der Waals surface area contributed by atoms with Crippen LogP contribution in [0.4, 0.5) is 18.9 Å². The Kier molecular flexibility index (Phi) is 5.38. The second-order valence-corrected chi connectivity index (χ2v) is 9.13. The Morgan fingerprint density at radius 2 is 1.87 bits per heavy atom. The molecule has 0 bridgehead atoms. The number of hydrogen-bond acceptors (Lipinski definition) is 5. The molecule has 0 aromatic carbocycles. The van der Waals surface area contributed by atoms with Gasteiger partial charge in [0.25, 0.3) is 0 Å². The van der Waals surface area contributed by atoms with E-state index in [0.29, 0.717) is 17.5 Å². The molecule has 5 rings (SSSR count). The topological polar surface area (TPSA) is 44.3 Å². The zero-order valence-electron chi connectivity index (χ0n) is 17.5. The molecule has 2 saturated heterocycles. The molecule has 2 aromatic rings. The quantitative estimate of drug-likeness (QED) is 0.796. The van der Waals surface area contributed by atoms with Gasteiger partial charge in [-0.1, -0.05) is 6.07 Å². The van der Waals surface area contributed by atoms with Gasteiger partial charge in [-0.05, 0) is 55.4 Å². The first-order valence-electron chi connectivity index (χ1n) is 11.1. The van der Waals surface area contributed by atoms with E-state index in [4.69, 9.17) is 0 Å². The molecule has 166 valence electrons. The van der Waals surface area contributed by atoms with Crippen molar-refractivity contribution < 1.29 is 13.2 Å². The number of alkyl halides is 3. The lowest BCUT2D eigenvalue weighted by atomic mass is 9.84. The summed E-state index contributed by atoms with van der Waals surface area (Å²) in [6.45, 7) is 4.78. The maximum absolute atomic E-state index is 12.8. The molecule has 1 spiro atoms. The molecular formula is C23H28F3N5. The van der Waals surface area contributed by atoms with Crippen LogP contribution in [0, 0.1) is 5.92 Å². The van der Waals surface area contributed by atoms with Crippen LogP contribution in [0.25, 0.3) is 0 Å². The van der Waals surface area contributed by atoms with Crippen molar-refractivity contribution in [2.75, 3.05) is 37.6 Å². The standard InChI is InChI=1S/C23H28F3N5/c24-23(25,26)20-4-3-19(15-28-20)30-11-5-17(6-12-30)21(18-2-1-9-27-14-18)31-13-10-29-22(16-31)7-8-22/h1-4,9,14-15,17,21,29H,5-8,10-13,16H2. The van der Waals surface area contributed by atoms with Crippen molar-refractivity contribution in [1.82, 2.24) is 20.2 Å². The molecule has 1 N–H and O–H groups in total. The summed E-state index contributed by atoms with van der Waals surface area (Å²) in [5, 5.41) is 3.70. The third kappa shape index (κ3) is 4.41. The van der Waals surface area contributed by atoms with Gasteiger partial charge in [0.05, 0.1) is 11.9 Å². The van der Waals surface area contributed by atoms with Crippen molar-refractivity contribution >= 4 is 5.69 Å². The van der Waals surface area contributed by atoms with E-state index >= 15 is 0 Å². The van der Waals surface area contributed by atoms with Crippen LogP contribution in [0.15, 0.2) is 42.9 Å². The minimum absolute atomic E-state index is 0.311. The van der Waals surface area contributed by atoms with Gasteiger partial charge in [-0.2, -0.15) is 13.2 Å². The van der Waals surface area contributed by atoms with Gasteiger partial charge in [-0.3, -0.25) is 9.88 Å². The molecule has 5 nitrogen and oxygen atoms in total. The van der Waals surface area contributed by atoms with Gasteiger partial charge in [-0.15, -0.1) is 0 Å². The molecule has 3 fully saturated rings. The molecule has 1 atom stereocenters. The van der Waals surface area contributed by atoms with Crippen LogP contribution in [0.2, 0.25) is 0 Å². The largest absolute Gasteiger partial charge is 0.433 e. The summed E-state index contributed by atoms with van der Waals surface area (Å²) in [5.41, 5.74) is 1.51. The SMILES string of the molecule is FC(F)(F)c1ccc(N2CCC(C(c3cccnc3)N3CCNC4(CC4)C3)CC2)cn1. The highest BCUT2D eigenvalue weighted by molar-refractivity contribution is 5.45. The van der Waals surface area contributed by atoms with Gasteiger partial charge in [0, 0.05) is 56.7 Å². The summed E-state index contributed by atoms with van der Waals surface area (Å²) in [5.74, 6) is 0.497. The molecule has 1 aliphatic carbocycles. The summed E-state index contributed by atoms with van der Waals surface area (Å²) in [7, 11) is 0. The smallest absolute Gasteiger partial charge is 0.370 e. The van der Waals surface area contributed by atoms with E-state index in [9.17, 15) is 13.2 Å². The zero-order chi connectivity index (χ0) is 21.5. The number of halogens is 3. The van der Waals surface area contributed by atoms with Gasteiger partial charge in [-0.25, -0.2) is 4.98 Å². The van der Waals surface area contributed by atoms with Crippen molar-refractivity contribution in [2.24, 2.45) is 5.92 Å². The number of hydrogen-bond donors (Lipinski definition) is 1. The van der Waals surface area contributed by atoms with E-state index < -0.39 is 11.9 Å². The van der Waals surface area contributed by atoms with Crippen molar-refractivity contribution in [1.29, 1.82) is 0 Å². The number of piperazine rings is 1. The lowest BCUT2D eigenvalue weighted by Crippen LogP contribution is -2.55. The fraction of sp³-hybridized carbons (Fsp3) is 0.565. The third-order valence-electron chi connectivity index (χ3n) is 7.07. The highest BCUT2D eigenvalue weighted by Gasteiger charge is 2.47. The Hall–Kier alpha value is -2.19. The highest BCUT2D eigenvalue weighted by Crippen LogP contribution is 2.43. The Morgan fingerprint density at radius 3 is 2.48 bits per heavy atom. The minimum Gasteiger partial charge on any atom is -0.370 e. The Balaban J connectivity index is 1.29. The number of nitrogens with one attached hydrogen (secondary N) is 1. The number of aromatic nitrogens is 2. The number of anilines is 1. The number of rotatable bonds is 4. The highest BCUT2D eigenvalue weighted by atomic mass is 19.4. The van der Waals surface area contributed by atoms with Crippen molar-refractivity contribution in [3.8, 4) is 0 Å². The second-order valence-electron chi connectivity index (χ2n) is 9.13. The minimum atomic E-state index is -4.40. The van der Waals surface area contributed by atoms with E-state index in [1.165, 1.54) is 24.6 Å². The van der Waals surface area contributed by atoms with Crippen molar-refractivity contribution in [3.05, 3.63) is 54.1 Å². The fourth-order valence-corrected chi connectivity index (χ4v) is 5.26. The number of nitrogens with zero attached hydrogens (tertiary/aromatic N) is 4. The van der Waals surface area contributed by atoms with Crippen LogP contribution in [-0.4, -0.2) is 53.1 Å². The summed E-state index contributed by atoms with van der Waals surface area (Å²) in [6, 6.07) is 7.16. The average Bonchev–Trinajstić information content (AvgIpc) is 3.53. The van der Waals surface area contributed by atoms with Gasteiger partial charge >= 0.3 is 6.18 Å². The molecule has 1 unspecified atom stereocenters. The van der Waals surface area contributed by atoms with Crippen LogP contribution in [0.3, 0.4) is 0 Å². The van der Waals surface area contributed by atoms with Crippen LogP contribution < -0.4 is 10.2 Å². The first kappa shape index (κ1) is 20.7. The molecule has 8 heteroatoms. The number of pyridine rings is 2. The maximum atomic E-state index is 12.8. The normalized spacial score (nSPS) is 23.1. The molecule has 0 radical (unpaired) electrons. The molecule has 0 amide bonds. The number of piperidine rings is 1. The predicted octanol–water partition coefficient (Wildman–Crippen LogP) is 3.89. The molecule has 1 saturated carbocycles. The molecular weight excluding hydrogens is 403 g/mol. The van der Waals surface area contributed by atoms with Gasteiger partial charge < -0.3 is 10.2 Å². The van der Waals surface area contributed by atoms with E-state index in [2.05, 4.69) is 31.2 Å². The van der Waals surface area contributed by atoms with Crippen molar-refractivity contribution in [3.63, 3.8) is 0 Å². The summed E-state index contributed by atoms with van der Waals surface area (Å²) in [4.78, 5) is 12.8. The van der Waals surface area contributed by atoms with E-state index in [1.807, 2.05) is 18.5 Å². The first-order valence-corrected chi connectivity index (χ1v) is 11.1. The molecule has 2 aromatic heterocycles. The van der Waals surface area contributed by atoms with Crippen LogP contribution >= 0.6 is 0 Å². The van der Waals surface area contributed by atoms with E-state index in [0.717, 1.165) is 57.3 Å². The summed E-state index contributed by atoms with van der Waals surface area (Å²) < 4.78 is 38.4. The van der Waals surface area contributed by atoms with Crippen LogP contribution in [-0.2, 0) is 6.18 Å². The van der Waals surface area contributed by atoms with E-state index in [1.54, 1.807) is 6.07 Å². The fourth-order valence-electron chi connectivity index (χ4n) is 5.26. The summed E-state index contributed by atoms with van der Waals surface area (Å²) >= 11 is 0. The van der Waals surface area contributed by atoms with Crippen LogP contribution in [0.5, 0.6) is 0 Å². The van der Waals surface area contributed by atoms with Crippen molar-refractivity contribution in [2.45, 2.75) is 43.4 Å². The Labute approximate surface area is 180 Å². The second kappa shape index (κ2) is 8.06. The van der Waals surface area contributed by atoms with E-state index in [-0.39, 0.29) is 0 Å². The lowest BCUT2D eigenvalue weighted by Gasteiger charge is -2.45. The monoisotopic (exact) mass is 431 g/mol. The average molecular weight is 432 g/mol. The van der Waals surface area contributed by atoms with Gasteiger partial charge in [0.2, 0.25) is 0 Å². The Morgan fingerprint density at radius 1 is 1.06 bits per heavy atom. The Bertz CT molecular complexity index is 874. The molecule has 2 aliphatic heterocycles. The summed E-state index contributed by atoms with van der Waals surface area (Å²) in [6.07, 6.45) is 5.28. The first-order chi connectivity index (χ1) is 14.9. The van der Waals surface area contributed by atoms with Gasteiger partial charge in [0.1, 0.15) is 5.69 Å². The van der Waals surface area contributed by atoms with Crippen LogP contribution in [0.1, 0.15) is 43.0 Å². The molecule has 4 heterocycles. The maximum Gasteiger partial charge on any atom is 0.433 e. The zero-order valence-corrected chi connectivity index (χ0v) is 17.5. The molecule has 3 aliphatic rings. The molecule has 31 heavy (non-hydrogen) atoms. The third-order valence-corrected chi connectivity index (χ3v) is 7.07. The van der Waals surface area contributed by atoms with Gasteiger partial charge in [0.15, 0.2) is 0 Å². The lowest BCUT2D eigenvalue weighted by molar-refractivity contribution is -0.141. The predicted molar refractivity (Wildman–Crippen MR) is 113 cm³/mol.